The van der Waals surface area contributed by atoms with Gasteiger partial charge in [0.1, 0.15) is 36.9 Å². The SMILES string of the molecule is C[C@@H]1CN(C[C@H](O)COc2ccc(OC[C@@H](O)CN3C[C@@H](C)O[C@@H](C)C3)cc2)C[C@H](C)O1. The molecule has 1 aromatic carbocycles. The predicted molar refractivity (Wildman–Crippen MR) is 122 cm³/mol. The van der Waals surface area contributed by atoms with Gasteiger partial charge in [0.15, 0.2) is 0 Å². The van der Waals surface area contributed by atoms with Crippen molar-refractivity contribution in [1.82, 2.24) is 9.80 Å². The first-order chi connectivity index (χ1) is 15.3. The number of aliphatic hydroxyl groups excluding tert-OH is 2. The Labute approximate surface area is 192 Å². The largest absolute Gasteiger partial charge is 0.491 e. The van der Waals surface area contributed by atoms with Crippen molar-refractivity contribution in [3.8, 4) is 11.5 Å². The van der Waals surface area contributed by atoms with Crippen LogP contribution in [0.15, 0.2) is 24.3 Å². The van der Waals surface area contributed by atoms with Gasteiger partial charge in [-0.15, -0.1) is 0 Å². The maximum absolute atomic E-state index is 10.3. The first-order valence-corrected chi connectivity index (χ1v) is 11.7. The third-order valence-corrected chi connectivity index (χ3v) is 5.64. The Morgan fingerprint density at radius 2 is 1.03 bits per heavy atom. The fourth-order valence-corrected chi connectivity index (χ4v) is 4.59. The van der Waals surface area contributed by atoms with Crippen LogP contribution in [-0.2, 0) is 9.47 Å². The molecule has 182 valence electrons. The van der Waals surface area contributed by atoms with Crippen molar-refractivity contribution in [2.45, 2.75) is 64.3 Å². The third-order valence-electron chi connectivity index (χ3n) is 5.64. The quantitative estimate of drug-likeness (QED) is 0.551. The molecule has 2 aliphatic heterocycles. The normalized spacial score (nSPS) is 29.4. The van der Waals surface area contributed by atoms with Crippen molar-refractivity contribution >= 4 is 0 Å². The molecule has 2 aliphatic rings. The fourth-order valence-electron chi connectivity index (χ4n) is 4.59. The molecule has 1 aromatic rings. The minimum absolute atomic E-state index is 0.180. The number of β-amino-alcohol motifs (C(OH)–C–C–N with tert-alkyl or cyclic N) is 2. The van der Waals surface area contributed by atoms with Crippen LogP contribution in [0.5, 0.6) is 11.5 Å². The summed E-state index contributed by atoms with van der Waals surface area (Å²) < 4.78 is 22.9. The molecule has 0 unspecified atom stereocenters. The van der Waals surface area contributed by atoms with Gasteiger partial charge >= 0.3 is 0 Å². The molecule has 6 atom stereocenters. The highest BCUT2D eigenvalue weighted by Gasteiger charge is 2.25. The van der Waals surface area contributed by atoms with Crippen molar-refractivity contribution in [3.63, 3.8) is 0 Å². The maximum atomic E-state index is 10.3. The minimum Gasteiger partial charge on any atom is -0.491 e. The zero-order valence-corrected chi connectivity index (χ0v) is 19.9. The summed E-state index contributed by atoms with van der Waals surface area (Å²) in [5.41, 5.74) is 0. The minimum atomic E-state index is -0.566. The Kier molecular flexibility index (Phi) is 9.58. The van der Waals surface area contributed by atoms with E-state index in [4.69, 9.17) is 18.9 Å². The summed E-state index contributed by atoms with van der Waals surface area (Å²) in [6.07, 6.45) is -0.413. The van der Waals surface area contributed by atoms with Crippen LogP contribution in [0.25, 0.3) is 0 Å². The van der Waals surface area contributed by atoms with Crippen molar-refractivity contribution in [3.05, 3.63) is 24.3 Å². The van der Waals surface area contributed by atoms with E-state index in [0.717, 1.165) is 26.2 Å². The number of benzene rings is 1. The number of ether oxygens (including phenoxy) is 4. The number of aliphatic hydroxyl groups is 2. The molecule has 0 amide bonds. The maximum Gasteiger partial charge on any atom is 0.119 e. The Morgan fingerprint density at radius 3 is 1.34 bits per heavy atom. The summed E-state index contributed by atoms with van der Waals surface area (Å²) in [5, 5.41) is 20.7. The van der Waals surface area contributed by atoms with Crippen molar-refractivity contribution in [2.24, 2.45) is 0 Å². The predicted octanol–water partition coefficient (Wildman–Crippen LogP) is 1.38. The Morgan fingerprint density at radius 1 is 0.719 bits per heavy atom. The van der Waals surface area contributed by atoms with Gasteiger partial charge in [0, 0.05) is 39.3 Å². The molecule has 2 heterocycles. The second-order valence-electron chi connectivity index (χ2n) is 9.35. The van der Waals surface area contributed by atoms with Crippen LogP contribution in [0.4, 0.5) is 0 Å². The van der Waals surface area contributed by atoms with Crippen molar-refractivity contribution in [2.75, 3.05) is 52.5 Å². The first kappa shape index (κ1) is 25.2. The molecule has 8 nitrogen and oxygen atoms in total. The molecule has 3 rings (SSSR count). The number of morpholine rings is 2. The molecular weight excluding hydrogens is 412 g/mol. The summed E-state index contributed by atoms with van der Waals surface area (Å²) in [7, 11) is 0. The van der Waals surface area contributed by atoms with E-state index in [1.807, 2.05) is 24.3 Å². The summed E-state index contributed by atoms with van der Waals surface area (Å²) >= 11 is 0. The second kappa shape index (κ2) is 12.2. The summed E-state index contributed by atoms with van der Waals surface area (Å²) in [6.45, 7) is 13.1. The molecule has 0 radical (unpaired) electrons. The van der Waals surface area contributed by atoms with E-state index in [1.54, 1.807) is 0 Å². The molecule has 2 saturated heterocycles. The van der Waals surface area contributed by atoms with E-state index in [2.05, 4.69) is 37.5 Å². The van der Waals surface area contributed by atoms with Crippen LogP contribution in [-0.4, -0.2) is 109 Å². The number of hydrogen-bond donors (Lipinski definition) is 2. The molecule has 2 fully saturated rings. The van der Waals surface area contributed by atoms with Gasteiger partial charge in [0.05, 0.1) is 24.4 Å². The first-order valence-electron chi connectivity index (χ1n) is 11.7. The van der Waals surface area contributed by atoms with Crippen LogP contribution in [0.1, 0.15) is 27.7 Å². The van der Waals surface area contributed by atoms with Gasteiger partial charge in [-0.3, -0.25) is 9.80 Å². The van der Waals surface area contributed by atoms with Gasteiger partial charge in [0.25, 0.3) is 0 Å². The van der Waals surface area contributed by atoms with E-state index < -0.39 is 12.2 Å². The molecule has 0 aliphatic carbocycles. The third kappa shape index (κ3) is 8.50. The average Bonchev–Trinajstić information content (AvgIpc) is 2.70. The number of hydrogen-bond acceptors (Lipinski definition) is 8. The van der Waals surface area contributed by atoms with Crippen molar-refractivity contribution in [1.29, 1.82) is 0 Å². The van der Waals surface area contributed by atoms with Gasteiger partial charge in [-0.1, -0.05) is 0 Å². The molecule has 0 aromatic heterocycles. The molecule has 32 heavy (non-hydrogen) atoms. The molecular formula is C24H40N2O6. The lowest BCUT2D eigenvalue weighted by molar-refractivity contribution is -0.0790. The zero-order chi connectivity index (χ0) is 23.1. The highest BCUT2D eigenvalue weighted by atomic mass is 16.5. The van der Waals surface area contributed by atoms with E-state index >= 15 is 0 Å². The zero-order valence-electron chi connectivity index (χ0n) is 19.9. The van der Waals surface area contributed by atoms with Crippen LogP contribution < -0.4 is 9.47 Å². The van der Waals surface area contributed by atoms with Crippen LogP contribution in [0.2, 0.25) is 0 Å². The van der Waals surface area contributed by atoms with E-state index in [-0.39, 0.29) is 37.6 Å². The highest BCUT2D eigenvalue weighted by molar-refractivity contribution is 5.31. The number of nitrogens with zero attached hydrogens (tertiary/aromatic N) is 2. The summed E-state index contributed by atoms with van der Waals surface area (Å²) in [4.78, 5) is 4.43. The van der Waals surface area contributed by atoms with E-state index in [9.17, 15) is 10.2 Å². The van der Waals surface area contributed by atoms with E-state index in [1.165, 1.54) is 0 Å². The van der Waals surface area contributed by atoms with E-state index in [0.29, 0.717) is 24.6 Å². The van der Waals surface area contributed by atoms with Crippen LogP contribution in [0.3, 0.4) is 0 Å². The fraction of sp³-hybridized carbons (Fsp3) is 0.750. The van der Waals surface area contributed by atoms with Gasteiger partial charge < -0.3 is 29.2 Å². The highest BCUT2D eigenvalue weighted by Crippen LogP contribution is 2.19. The molecule has 0 spiro atoms. The van der Waals surface area contributed by atoms with Gasteiger partial charge in [-0.25, -0.2) is 0 Å². The van der Waals surface area contributed by atoms with Crippen molar-refractivity contribution < 1.29 is 29.2 Å². The van der Waals surface area contributed by atoms with Crippen LogP contribution in [0, 0.1) is 0 Å². The Hall–Kier alpha value is -1.42. The van der Waals surface area contributed by atoms with Crippen LogP contribution >= 0.6 is 0 Å². The topological polar surface area (TPSA) is 83.9 Å². The summed E-state index contributed by atoms with van der Waals surface area (Å²) in [5.74, 6) is 1.36. The lowest BCUT2D eigenvalue weighted by Crippen LogP contribution is -2.48. The monoisotopic (exact) mass is 452 g/mol. The molecule has 2 N–H and O–H groups in total. The van der Waals surface area contributed by atoms with Gasteiger partial charge in [0.2, 0.25) is 0 Å². The lowest BCUT2D eigenvalue weighted by Gasteiger charge is -2.36. The number of rotatable bonds is 10. The smallest absolute Gasteiger partial charge is 0.119 e. The Bertz CT molecular complexity index is 598. The lowest BCUT2D eigenvalue weighted by atomic mass is 10.2. The second-order valence-corrected chi connectivity index (χ2v) is 9.35. The molecule has 8 heteroatoms. The van der Waals surface area contributed by atoms with Gasteiger partial charge in [-0.2, -0.15) is 0 Å². The average molecular weight is 453 g/mol. The molecule has 0 saturated carbocycles. The van der Waals surface area contributed by atoms with Gasteiger partial charge in [-0.05, 0) is 52.0 Å². The standard InChI is InChI=1S/C24H40N2O6/c1-17-9-25(10-18(2)31-17)13-21(27)15-29-23-5-7-24(8-6-23)30-16-22(28)14-26-11-19(3)32-20(4)12-26/h5-8,17-22,27-28H,9-16H2,1-4H3/t17-,18+,19-,20+,21-,22-/m0/s1. The summed E-state index contributed by atoms with van der Waals surface area (Å²) in [6, 6.07) is 7.27. The Balaban J connectivity index is 1.34. The molecule has 0 bridgehead atoms.